The normalized spacial score (nSPS) is 12.0. The number of rotatable bonds is 2. The molecule has 1 aromatic heterocycles. The van der Waals surface area contributed by atoms with Gasteiger partial charge in [0.15, 0.2) is 0 Å². The molecule has 0 unspecified atom stereocenters. The summed E-state index contributed by atoms with van der Waals surface area (Å²) in [5.74, 6) is 0.714. The van der Waals surface area contributed by atoms with Crippen LogP contribution in [0.4, 0.5) is 0 Å². The lowest BCUT2D eigenvalue weighted by Gasteiger charge is -2.22. The first-order valence-electron chi connectivity index (χ1n) is 6.47. The third-order valence-corrected chi connectivity index (χ3v) is 3.63. The molecule has 102 valence electrons. The molecule has 0 saturated heterocycles. The van der Waals surface area contributed by atoms with Gasteiger partial charge in [-0.15, -0.1) is 0 Å². The Balaban J connectivity index is 2.26. The van der Waals surface area contributed by atoms with Crippen molar-refractivity contribution in [1.29, 1.82) is 0 Å². The van der Waals surface area contributed by atoms with E-state index in [1.54, 1.807) is 19.9 Å². The van der Waals surface area contributed by atoms with Crippen molar-refractivity contribution < 1.29 is 9.52 Å². The molecule has 0 aliphatic heterocycles. The SMILES string of the molecule is CC(C)(O)c1c(Cl)cccc1-c1cc2ccccc2o1. The smallest absolute Gasteiger partial charge is 0.135 e. The number of para-hydroxylation sites is 1. The second-order valence-corrected chi connectivity index (χ2v) is 5.78. The van der Waals surface area contributed by atoms with Crippen LogP contribution in [-0.2, 0) is 5.60 Å². The number of halogens is 1. The summed E-state index contributed by atoms with van der Waals surface area (Å²) in [4.78, 5) is 0. The zero-order chi connectivity index (χ0) is 14.3. The Kier molecular flexibility index (Phi) is 3.08. The molecule has 0 bridgehead atoms. The highest BCUT2D eigenvalue weighted by Crippen LogP contribution is 2.38. The van der Waals surface area contributed by atoms with Crippen molar-refractivity contribution in [3.63, 3.8) is 0 Å². The maximum absolute atomic E-state index is 10.4. The second kappa shape index (κ2) is 4.65. The summed E-state index contributed by atoms with van der Waals surface area (Å²) in [7, 11) is 0. The van der Waals surface area contributed by atoms with Crippen molar-refractivity contribution in [3.8, 4) is 11.3 Å². The zero-order valence-corrected chi connectivity index (χ0v) is 12.1. The van der Waals surface area contributed by atoms with Gasteiger partial charge in [-0.3, -0.25) is 0 Å². The van der Waals surface area contributed by atoms with Crippen LogP contribution >= 0.6 is 11.6 Å². The predicted octanol–water partition coefficient (Wildman–Crippen LogP) is 4.98. The monoisotopic (exact) mass is 286 g/mol. The number of hydrogen-bond donors (Lipinski definition) is 1. The van der Waals surface area contributed by atoms with Crippen LogP contribution in [0.1, 0.15) is 19.4 Å². The molecule has 0 radical (unpaired) electrons. The van der Waals surface area contributed by atoms with Gasteiger partial charge in [0.2, 0.25) is 0 Å². The molecule has 20 heavy (non-hydrogen) atoms. The van der Waals surface area contributed by atoms with Gasteiger partial charge in [-0.05, 0) is 32.0 Å². The van der Waals surface area contributed by atoms with E-state index in [0.29, 0.717) is 16.3 Å². The minimum Gasteiger partial charge on any atom is -0.456 e. The van der Waals surface area contributed by atoms with Gasteiger partial charge in [0.05, 0.1) is 5.60 Å². The van der Waals surface area contributed by atoms with Crippen molar-refractivity contribution in [2.45, 2.75) is 19.4 Å². The Bertz CT molecular complexity index is 733. The predicted molar refractivity (Wildman–Crippen MR) is 81.9 cm³/mol. The fourth-order valence-corrected chi connectivity index (χ4v) is 2.87. The average Bonchev–Trinajstić information content (AvgIpc) is 2.80. The second-order valence-electron chi connectivity index (χ2n) is 5.37. The van der Waals surface area contributed by atoms with E-state index in [-0.39, 0.29) is 0 Å². The number of fused-ring (bicyclic) bond motifs is 1. The van der Waals surface area contributed by atoms with Crippen LogP contribution in [0.3, 0.4) is 0 Å². The third-order valence-electron chi connectivity index (χ3n) is 3.32. The Hall–Kier alpha value is -1.77. The summed E-state index contributed by atoms with van der Waals surface area (Å²) in [6, 6.07) is 15.3. The third kappa shape index (κ3) is 2.21. The van der Waals surface area contributed by atoms with E-state index in [1.165, 1.54) is 0 Å². The van der Waals surface area contributed by atoms with Gasteiger partial charge >= 0.3 is 0 Å². The van der Waals surface area contributed by atoms with E-state index < -0.39 is 5.60 Å². The highest BCUT2D eigenvalue weighted by Gasteiger charge is 2.25. The van der Waals surface area contributed by atoms with Crippen LogP contribution in [0.15, 0.2) is 52.9 Å². The van der Waals surface area contributed by atoms with Gasteiger partial charge in [-0.2, -0.15) is 0 Å². The molecule has 3 aromatic rings. The lowest BCUT2D eigenvalue weighted by molar-refractivity contribution is 0.0792. The van der Waals surface area contributed by atoms with Gasteiger partial charge in [0, 0.05) is 21.5 Å². The average molecular weight is 287 g/mol. The summed E-state index contributed by atoms with van der Waals surface area (Å²) in [6.45, 7) is 3.45. The van der Waals surface area contributed by atoms with Crippen LogP contribution in [0.5, 0.6) is 0 Å². The fourth-order valence-electron chi connectivity index (χ4n) is 2.47. The Morgan fingerprint density at radius 2 is 1.80 bits per heavy atom. The first-order chi connectivity index (χ1) is 9.47. The van der Waals surface area contributed by atoms with Crippen molar-refractivity contribution in [2.24, 2.45) is 0 Å². The molecule has 0 spiro atoms. The van der Waals surface area contributed by atoms with Crippen LogP contribution in [0, 0.1) is 0 Å². The first kappa shape index (κ1) is 13.2. The quantitative estimate of drug-likeness (QED) is 0.721. The first-order valence-corrected chi connectivity index (χ1v) is 6.85. The molecule has 2 nitrogen and oxygen atoms in total. The van der Waals surface area contributed by atoms with E-state index in [9.17, 15) is 5.11 Å². The maximum atomic E-state index is 10.4. The molecule has 3 heteroatoms. The van der Waals surface area contributed by atoms with Crippen LogP contribution in [0.25, 0.3) is 22.3 Å². The van der Waals surface area contributed by atoms with E-state index in [4.69, 9.17) is 16.0 Å². The molecule has 0 saturated carbocycles. The fraction of sp³-hybridized carbons (Fsp3) is 0.176. The summed E-state index contributed by atoms with van der Waals surface area (Å²) in [5, 5.41) is 11.9. The molecule has 2 aromatic carbocycles. The molecule has 0 aliphatic rings. The lowest BCUT2D eigenvalue weighted by atomic mass is 9.92. The topological polar surface area (TPSA) is 33.4 Å². The number of benzene rings is 2. The highest BCUT2D eigenvalue weighted by molar-refractivity contribution is 6.31. The minimum atomic E-state index is -1.04. The number of furan rings is 1. The van der Waals surface area contributed by atoms with Crippen molar-refractivity contribution in [3.05, 3.63) is 59.1 Å². The molecule has 1 N–H and O–H groups in total. The van der Waals surface area contributed by atoms with E-state index in [2.05, 4.69) is 0 Å². The standard InChI is InChI=1S/C17H15ClO2/c1-17(2,19)16-12(7-5-8-13(16)18)15-10-11-6-3-4-9-14(11)20-15/h3-10,19H,1-2H3. The molecule has 0 aliphatic carbocycles. The van der Waals surface area contributed by atoms with Crippen LogP contribution in [0.2, 0.25) is 5.02 Å². The van der Waals surface area contributed by atoms with E-state index >= 15 is 0 Å². The minimum absolute atomic E-state index is 0.537. The van der Waals surface area contributed by atoms with Gasteiger partial charge in [0.25, 0.3) is 0 Å². The molecular weight excluding hydrogens is 272 g/mol. The van der Waals surface area contributed by atoms with Crippen LogP contribution in [-0.4, -0.2) is 5.11 Å². The molecule has 0 amide bonds. The van der Waals surface area contributed by atoms with Crippen molar-refractivity contribution in [2.75, 3.05) is 0 Å². The molecule has 3 rings (SSSR count). The summed E-state index contributed by atoms with van der Waals surface area (Å²) >= 11 is 6.26. The highest BCUT2D eigenvalue weighted by atomic mass is 35.5. The van der Waals surface area contributed by atoms with Crippen LogP contribution < -0.4 is 0 Å². The number of aliphatic hydroxyl groups is 1. The summed E-state index contributed by atoms with van der Waals surface area (Å²) in [6.07, 6.45) is 0. The van der Waals surface area contributed by atoms with Gasteiger partial charge in [-0.25, -0.2) is 0 Å². The summed E-state index contributed by atoms with van der Waals surface area (Å²) < 4.78 is 5.88. The van der Waals surface area contributed by atoms with Gasteiger partial charge < -0.3 is 9.52 Å². The van der Waals surface area contributed by atoms with Gasteiger partial charge in [-0.1, -0.05) is 41.9 Å². The molecule has 1 heterocycles. The largest absolute Gasteiger partial charge is 0.456 e. The Labute approximate surface area is 122 Å². The molecule has 0 fully saturated rings. The number of hydrogen-bond acceptors (Lipinski definition) is 2. The maximum Gasteiger partial charge on any atom is 0.135 e. The van der Waals surface area contributed by atoms with Crippen molar-refractivity contribution >= 4 is 22.6 Å². The lowest BCUT2D eigenvalue weighted by Crippen LogP contribution is -2.17. The molecule has 0 atom stereocenters. The van der Waals surface area contributed by atoms with Gasteiger partial charge in [0.1, 0.15) is 11.3 Å². The Morgan fingerprint density at radius 3 is 2.50 bits per heavy atom. The molecular formula is C17H15ClO2. The Morgan fingerprint density at radius 1 is 1.05 bits per heavy atom. The zero-order valence-electron chi connectivity index (χ0n) is 11.4. The summed E-state index contributed by atoms with van der Waals surface area (Å²) in [5.41, 5.74) is 1.29. The van der Waals surface area contributed by atoms with E-state index in [1.807, 2.05) is 42.5 Å². The van der Waals surface area contributed by atoms with E-state index in [0.717, 1.165) is 16.5 Å². The van der Waals surface area contributed by atoms with Crippen molar-refractivity contribution in [1.82, 2.24) is 0 Å².